The average Bonchev–Trinajstić information content (AvgIpc) is 3.14. The number of nitrogens with zero attached hydrogens (tertiary/aromatic N) is 2. The Morgan fingerprint density at radius 3 is 2.90 bits per heavy atom. The van der Waals surface area contributed by atoms with Crippen molar-refractivity contribution >= 4 is 17.3 Å². The van der Waals surface area contributed by atoms with Gasteiger partial charge in [-0.3, -0.25) is 4.79 Å². The minimum atomic E-state index is -0.502. The molecule has 1 amide bonds. The normalized spacial score (nSPS) is 15.4. The number of aromatic nitrogens is 3. The van der Waals surface area contributed by atoms with Crippen LogP contribution in [0.3, 0.4) is 0 Å². The zero-order valence-corrected chi connectivity index (χ0v) is 16.7. The molecule has 1 atom stereocenters. The first-order valence-electron chi connectivity index (χ1n) is 9.53. The summed E-state index contributed by atoms with van der Waals surface area (Å²) in [7, 11) is 3.04. The molecule has 0 spiro atoms. The van der Waals surface area contributed by atoms with Crippen LogP contribution < -0.4 is 15.4 Å². The molecule has 1 aliphatic rings. The van der Waals surface area contributed by atoms with Crippen molar-refractivity contribution in [2.24, 2.45) is 0 Å². The maximum atomic E-state index is 14.2. The molecule has 1 aromatic carbocycles. The minimum absolute atomic E-state index is 0.0446. The second-order valence-electron chi connectivity index (χ2n) is 6.89. The number of nitrogens with one attached hydrogen (secondary N) is 3. The number of anilines is 2. The Hall–Kier alpha value is -3.46. The van der Waals surface area contributed by atoms with Crippen LogP contribution in [-0.2, 0) is 4.74 Å². The fourth-order valence-corrected chi connectivity index (χ4v) is 3.68. The summed E-state index contributed by atoms with van der Waals surface area (Å²) >= 11 is 0. The number of rotatable bonds is 7. The van der Waals surface area contributed by atoms with Crippen molar-refractivity contribution in [2.45, 2.75) is 12.3 Å². The molecule has 3 N–H and O–H groups in total. The number of hydrogen-bond acceptors (Lipinski definition) is 6. The van der Waals surface area contributed by atoms with Gasteiger partial charge in [0.15, 0.2) is 11.6 Å². The van der Waals surface area contributed by atoms with Crippen LogP contribution in [0, 0.1) is 5.82 Å². The van der Waals surface area contributed by atoms with Crippen LogP contribution in [0.1, 0.15) is 28.4 Å². The summed E-state index contributed by atoms with van der Waals surface area (Å²) in [5, 5.41) is 6.13. The van der Waals surface area contributed by atoms with Gasteiger partial charge >= 0.3 is 0 Å². The molecule has 0 aliphatic carbocycles. The molecule has 1 aliphatic heterocycles. The van der Waals surface area contributed by atoms with Crippen LogP contribution in [0.2, 0.25) is 0 Å². The monoisotopic (exact) mass is 411 g/mol. The molecule has 0 unspecified atom stereocenters. The van der Waals surface area contributed by atoms with E-state index in [0.717, 1.165) is 12.1 Å². The van der Waals surface area contributed by atoms with E-state index in [0.29, 0.717) is 41.5 Å². The van der Waals surface area contributed by atoms with Crippen LogP contribution in [-0.4, -0.2) is 48.2 Å². The van der Waals surface area contributed by atoms with Gasteiger partial charge in [-0.05, 0) is 24.6 Å². The number of carbonyl (C=O) groups excluding carboxylic acids is 1. The minimum Gasteiger partial charge on any atom is -0.492 e. The number of fused-ring (bicyclic) bond motifs is 1. The molecular formula is C21H22FN5O3. The molecule has 3 heterocycles. The first kappa shape index (κ1) is 19.8. The van der Waals surface area contributed by atoms with Gasteiger partial charge in [-0.1, -0.05) is 6.07 Å². The third-order valence-electron chi connectivity index (χ3n) is 5.11. The molecule has 0 saturated heterocycles. The van der Waals surface area contributed by atoms with Gasteiger partial charge in [-0.2, -0.15) is 0 Å². The van der Waals surface area contributed by atoms with Gasteiger partial charge in [0.05, 0.1) is 35.4 Å². The molecule has 4 rings (SSSR count). The van der Waals surface area contributed by atoms with Crippen LogP contribution >= 0.6 is 0 Å². The van der Waals surface area contributed by atoms with E-state index in [9.17, 15) is 9.18 Å². The summed E-state index contributed by atoms with van der Waals surface area (Å²) in [5.74, 6) is -0.609. The van der Waals surface area contributed by atoms with E-state index < -0.39 is 5.82 Å². The third-order valence-corrected chi connectivity index (χ3v) is 5.11. The van der Waals surface area contributed by atoms with Crippen molar-refractivity contribution in [1.82, 2.24) is 20.3 Å². The Bertz CT molecular complexity index is 1050. The standard InChI is InChI=1S/C21H22FN5O3/c1-29-9-7-12-10-24-21(28)16-17(12)27-18(14-6-8-23-11-25-14)19(16)26-15-5-3-4-13(22)20(15)30-2/h3-6,8,11-12,26-27H,7,9-10H2,1-2H3,(H,24,28)/t12-/m0/s1. The lowest BCUT2D eigenvalue weighted by Crippen LogP contribution is -2.35. The third kappa shape index (κ3) is 3.59. The lowest BCUT2D eigenvalue weighted by atomic mass is 9.94. The van der Waals surface area contributed by atoms with Crippen LogP contribution in [0.5, 0.6) is 5.75 Å². The lowest BCUT2D eigenvalue weighted by Gasteiger charge is -2.23. The lowest BCUT2D eigenvalue weighted by molar-refractivity contribution is 0.0935. The predicted molar refractivity (Wildman–Crippen MR) is 110 cm³/mol. The smallest absolute Gasteiger partial charge is 0.255 e. The number of ether oxygens (including phenoxy) is 2. The highest BCUT2D eigenvalue weighted by molar-refractivity contribution is 6.06. The molecule has 3 aromatic rings. The first-order valence-corrected chi connectivity index (χ1v) is 9.53. The molecule has 0 radical (unpaired) electrons. The molecule has 2 aromatic heterocycles. The Kier molecular flexibility index (Phi) is 5.62. The maximum Gasteiger partial charge on any atom is 0.255 e. The van der Waals surface area contributed by atoms with Gasteiger partial charge in [0.25, 0.3) is 5.91 Å². The number of benzene rings is 1. The fraction of sp³-hybridized carbons (Fsp3) is 0.286. The van der Waals surface area contributed by atoms with E-state index in [-0.39, 0.29) is 17.6 Å². The number of H-pyrrole nitrogens is 1. The highest BCUT2D eigenvalue weighted by Gasteiger charge is 2.33. The summed E-state index contributed by atoms with van der Waals surface area (Å²) in [6, 6.07) is 6.32. The van der Waals surface area contributed by atoms with Crippen molar-refractivity contribution in [3.63, 3.8) is 0 Å². The molecule has 156 valence electrons. The molecule has 9 heteroatoms. The van der Waals surface area contributed by atoms with Crippen molar-refractivity contribution < 1.29 is 18.7 Å². The summed E-state index contributed by atoms with van der Waals surface area (Å²) in [6.07, 6.45) is 3.79. The number of methoxy groups -OCH3 is 2. The van der Waals surface area contributed by atoms with E-state index in [4.69, 9.17) is 9.47 Å². The van der Waals surface area contributed by atoms with Crippen LogP contribution in [0.4, 0.5) is 15.8 Å². The Morgan fingerprint density at radius 2 is 2.17 bits per heavy atom. The van der Waals surface area contributed by atoms with Crippen molar-refractivity contribution in [3.8, 4) is 17.1 Å². The number of amides is 1. The SMILES string of the molecule is COCC[C@H]1CNC(=O)c2c1[nH]c(-c1ccncn1)c2Nc1cccc(F)c1OC. The van der Waals surface area contributed by atoms with E-state index in [1.807, 2.05) is 0 Å². The zero-order valence-electron chi connectivity index (χ0n) is 16.7. The summed E-state index contributed by atoms with van der Waals surface area (Å²) in [6.45, 7) is 1.06. The molecular weight excluding hydrogens is 389 g/mol. The summed E-state index contributed by atoms with van der Waals surface area (Å²) in [4.78, 5) is 24.5. The number of aromatic amines is 1. The largest absolute Gasteiger partial charge is 0.492 e. The van der Waals surface area contributed by atoms with Crippen LogP contribution in [0.25, 0.3) is 11.4 Å². The maximum absolute atomic E-state index is 14.2. The molecule has 0 bridgehead atoms. The van der Waals surface area contributed by atoms with Gasteiger partial charge in [0.1, 0.15) is 6.33 Å². The molecule has 0 fully saturated rings. The Balaban J connectivity index is 1.87. The van der Waals surface area contributed by atoms with Crippen molar-refractivity contribution in [3.05, 3.63) is 53.9 Å². The fourth-order valence-electron chi connectivity index (χ4n) is 3.68. The summed E-state index contributed by atoms with van der Waals surface area (Å²) in [5.41, 5.74) is 3.40. The topological polar surface area (TPSA) is 101 Å². The zero-order chi connectivity index (χ0) is 21.1. The second kappa shape index (κ2) is 8.50. The van der Waals surface area contributed by atoms with Gasteiger partial charge in [0.2, 0.25) is 0 Å². The molecule has 8 nitrogen and oxygen atoms in total. The van der Waals surface area contributed by atoms with E-state index >= 15 is 0 Å². The Morgan fingerprint density at radius 1 is 1.30 bits per heavy atom. The van der Waals surface area contributed by atoms with Crippen molar-refractivity contribution in [1.29, 1.82) is 0 Å². The van der Waals surface area contributed by atoms with Crippen LogP contribution in [0.15, 0.2) is 36.8 Å². The van der Waals surface area contributed by atoms with Crippen molar-refractivity contribution in [2.75, 3.05) is 32.7 Å². The molecule has 30 heavy (non-hydrogen) atoms. The number of carbonyl (C=O) groups is 1. The Labute approximate surface area is 172 Å². The number of para-hydroxylation sites is 1. The quantitative estimate of drug-likeness (QED) is 0.552. The number of hydrogen-bond donors (Lipinski definition) is 3. The first-order chi connectivity index (χ1) is 14.6. The van der Waals surface area contributed by atoms with Gasteiger partial charge in [0, 0.05) is 38.1 Å². The van der Waals surface area contributed by atoms with E-state index in [2.05, 4.69) is 25.6 Å². The van der Waals surface area contributed by atoms with E-state index in [1.165, 1.54) is 19.5 Å². The van der Waals surface area contributed by atoms with Gasteiger partial charge in [-0.25, -0.2) is 14.4 Å². The van der Waals surface area contributed by atoms with E-state index in [1.54, 1.807) is 31.5 Å². The highest BCUT2D eigenvalue weighted by atomic mass is 19.1. The highest BCUT2D eigenvalue weighted by Crippen LogP contribution is 2.41. The predicted octanol–water partition coefficient (Wildman–Crippen LogP) is 3.23. The summed E-state index contributed by atoms with van der Waals surface area (Å²) < 4.78 is 24.7. The average molecular weight is 411 g/mol. The van der Waals surface area contributed by atoms with Gasteiger partial charge < -0.3 is 25.1 Å². The molecule has 0 saturated carbocycles. The second-order valence-corrected chi connectivity index (χ2v) is 6.89. The van der Waals surface area contributed by atoms with Gasteiger partial charge in [-0.15, -0.1) is 0 Å². The number of halogens is 1.